The van der Waals surface area contributed by atoms with Crippen molar-refractivity contribution in [1.29, 1.82) is 0 Å². The quantitative estimate of drug-likeness (QED) is 0.678. The van der Waals surface area contributed by atoms with Crippen molar-refractivity contribution in [2.45, 2.75) is 4.90 Å². The molecule has 0 heterocycles. The van der Waals surface area contributed by atoms with Crippen LogP contribution in [0.25, 0.3) is 0 Å². The van der Waals surface area contributed by atoms with E-state index >= 15 is 0 Å². The molecule has 21 heavy (non-hydrogen) atoms. The van der Waals surface area contributed by atoms with Crippen LogP contribution >= 0.6 is 0 Å². The number of ether oxygens (including phenoxy) is 1. The van der Waals surface area contributed by atoms with Crippen LogP contribution in [-0.4, -0.2) is 31.0 Å². The number of carbonyl (C=O) groups is 1. The largest absolute Gasteiger partial charge is 0.744 e. The molecule has 0 unspecified atom stereocenters. The van der Waals surface area contributed by atoms with Crippen LogP contribution in [0, 0.1) is 0 Å². The zero-order valence-electron chi connectivity index (χ0n) is 10.9. The van der Waals surface area contributed by atoms with Gasteiger partial charge in [-0.2, -0.15) is 0 Å². The van der Waals surface area contributed by atoms with Gasteiger partial charge in [-0.25, -0.2) is 8.42 Å². The Morgan fingerprint density at radius 1 is 1.19 bits per heavy atom. The van der Waals surface area contributed by atoms with Gasteiger partial charge in [0.25, 0.3) is 0 Å². The smallest absolute Gasteiger partial charge is 0.196 e. The molecule has 0 fully saturated rings. The molecule has 0 atom stereocenters. The fraction of sp³-hybridized carbons (Fsp3) is 0.0714. The predicted molar refractivity (Wildman–Crippen MR) is 72.5 cm³/mol. The van der Waals surface area contributed by atoms with Gasteiger partial charge in [0.1, 0.15) is 21.6 Å². The zero-order valence-corrected chi connectivity index (χ0v) is 11.8. The lowest BCUT2D eigenvalue weighted by Gasteiger charge is -2.14. The highest BCUT2D eigenvalue weighted by Gasteiger charge is 2.20. The molecule has 0 bridgehead atoms. The average molecular weight is 307 g/mol. The topological polar surface area (TPSA) is 104 Å². The first-order valence-corrected chi connectivity index (χ1v) is 7.22. The van der Waals surface area contributed by atoms with Gasteiger partial charge in [-0.1, -0.05) is 30.3 Å². The first-order valence-electron chi connectivity index (χ1n) is 5.81. The number of phenolic OH excluding ortho intramolecular Hbond substituents is 1. The highest BCUT2D eigenvalue weighted by Crippen LogP contribution is 2.32. The number of ketones is 1. The van der Waals surface area contributed by atoms with Crippen molar-refractivity contribution in [2.75, 3.05) is 7.11 Å². The summed E-state index contributed by atoms with van der Waals surface area (Å²) in [7, 11) is -3.68. The Hall–Kier alpha value is -2.38. The second-order valence-corrected chi connectivity index (χ2v) is 5.52. The van der Waals surface area contributed by atoms with Crippen LogP contribution in [0.3, 0.4) is 0 Å². The van der Waals surface area contributed by atoms with Crippen LogP contribution in [0.1, 0.15) is 15.9 Å². The number of carbonyl (C=O) groups excluding carboxylic acids is 1. The first-order chi connectivity index (χ1) is 9.84. The van der Waals surface area contributed by atoms with Crippen LogP contribution in [-0.2, 0) is 10.1 Å². The van der Waals surface area contributed by atoms with E-state index in [-0.39, 0.29) is 16.9 Å². The van der Waals surface area contributed by atoms with Gasteiger partial charge in [-0.05, 0) is 6.07 Å². The lowest BCUT2D eigenvalue weighted by Crippen LogP contribution is -2.07. The number of hydrogen-bond donors (Lipinski definition) is 1. The van der Waals surface area contributed by atoms with Crippen LogP contribution in [0.2, 0.25) is 0 Å². The Morgan fingerprint density at radius 3 is 2.33 bits per heavy atom. The van der Waals surface area contributed by atoms with Gasteiger partial charge < -0.3 is 14.4 Å². The van der Waals surface area contributed by atoms with E-state index in [1.54, 1.807) is 18.2 Å². The van der Waals surface area contributed by atoms with Crippen LogP contribution < -0.4 is 4.74 Å². The van der Waals surface area contributed by atoms with E-state index in [1.807, 2.05) is 0 Å². The van der Waals surface area contributed by atoms with Crippen molar-refractivity contribution in [3.8, 4) is 11.5 Å². The normalized spacial score (nSPS) is 11.1. The molecule has 0 amide bonds. The van der Waals surface area contributed by atoms with Gasteiger partial charge in [-0.15, -0.1) is 0 Å². The molecule has 0 saturated carbocycles. The number of phenols is 1. The summed E-state index contributed by atoms with van der Waals surface area (Å²) in [6.07, 6.45) is 0. The summed E-state index contributed by atoms with van der Waals surface area (Å²) in [6, 6.07) is 9.73. The summed E-state index contributed by atoms with van der Waals surface area (Å²) < 4.78 is 38.4. The minimum absolute atomic E-state index is 0.257. The molecular weight excluding hydrogens is 296 g/mol. The summed E-state index contributed by atoms with van der Waals surface area (Å²) in [4.78, 5) is 11.6. The fourth-order valence-electron chi connectivity index (χ4n) is 1.83. The SMILES string of the molecule is COc1cc(O)c(C(=O)c2ccccc2)cc1S(=O)(=O)[O-]. The lowest BCUT2D eigenvalue weighted by molar-refractivity contribution is 0.103. The van der Waals surface area contributed by atoms with Crippen molar-refractivity contribution in [3.05, 3.63) is 53.6 Å². The first kappa shape index (κ1) is 15.0. The zero-order chi connectivity index (χ0) is 15.6. The van der Waals surface area contributed by atoms with E-state index in [4.69, 9.17) is 4.74 Å². The minimum Gasteiger partial charge on any atom is -0.744 e. The Kier molecular flexibility index (Phi) is 3.97. The molecule has 2 aromatic rings. The van der Waals surface area contributed by atoms with E-state index in [9.17, 15) is 22.9 Å². The lowest BCUT2D eigenvalue weighted by atomic mass is 10.0. The molecule has 2 rings (SSSR count). The van der Waals surface area contributed by atoms with Crippen molar-refractivity contribution in [1.82, 2.24) is 0 Å². The summed E-state index contributed by atoms with van der Waals surface area (Å²) in [5.41, 5.74) is -0.0244. The molecule has 0 spiro atoms. The second kappa shape index (κ2) is 5.55. The predicted octanol–water partition coefficient (Wildman–Crippen LogP) is 1.54. The molecule has 0 aliphatic rings. The van der Waals surface area contributed by atoms with Gasteiger partial charge in [0, 0.05) is 11.6 Å². The molecule has 0 aromatic heterocycles. The third-order valence-corrected chi connectivity index (χ3v) is 3.69. The van der Waals surface area contributed by atoms with Crippen molar-refractivity contribution in [2.24, 2.45) is 0 Å². The van der Waals surface area contributed by atoms with Gasteiger partial charge in [0.05, 0.1) is 17.6 Å². The molecule has 0 aliphatic carbocycles. The van der Waals surface area contributed by atoms with Crippen LogP contribution in [0.5, 0.6) is 11.5 Å². The summed E-state index contributed by atoms with van der Waals surface area (Å²) in [5, 5.41) is 9.85. The van der Waals surface area contributed by atoms with Crippen molar-refractivity contribution >= 4 is 15.9 Å². The second-order valence-electron chi connectivity index (χ2n) is 4.17. The number of aromatic hydroxyl groups is 1. The minimum atomic E-state index is -4.84. The van der Waals surface area contributed by atoms with Crippen LogP contribution in [0.15, 0.2) is 47.4 Å². The van der Waals surface area contributed by atoms with Gasteiger partial charge in [-0.3, -0.25) is 4.79 Å². The summed E-state index contributed by atoms with van der Waals surface area (Å²) in [5.74, 6) is -1.37. The number of rotatable bonds is 4. The molecule has 1 N–H and O–H groups in total. The fourth-order valence-corrected chi connectivity index (χ4v) is 2.48. The van der Waals surface area contributed by atoms with Crippen molar-refractivity contribution < 1.29 is 27.6 Å². The van der Waals surface area contributed by atoms with Gasteiger partial charge >= 0.3 is 0 Å². The molecule has 110 valence electrons. The standard InChI is InChI=1S/C14H12O6S/c1-20-12-8-11(15)10(7-13(12)21(17,18)19)14(16)9-5-3-2-4-6-9/h2-8,15H,1H3,(H,17,18,19)/p-1. The maximum absolute atomic E-state index is 12.2. The van der Waals surface area contributed by atoms with Gasteiger partial charge in [0.15, 0.2) is 5.78 Å². The molecule has 0 saturated heterocycles. The summed E-state index contributed by atoms with van der Waals surface area (Å²) >= 11 is 0. The number of hydrogen-bond acceptors (Lipinski definition) is 6. The Morgan fingerprint density at radius 2 is 1.81 bits per heavy atom. The van der Waals surface area contributed by atoms with E-state index in [0.29, 0.717) is 0 Å². The Bertz CT molecular complexity index is 781. The third-order valence-electron chi connectivity index (χ3n) is 2.83. The third kappa shape index (κ3) is 3.04. The summed E-state index contributed by atoms with van der Waals surface area (Å²) in [6.45, 7) is 0. The van der Waals surface area contributed by atoms with Gasteiger partial charge in [0.2, 0.25) is 0 Å². The molecule has 2 aromatic carbocycles. The molecule has 0 radical (unpaired) electrons. The van der Waals surface area contributed by atoms with Crippen molar-refractivity contribution in [3.63, 3.8) is 0 Å². The Labute approximate surface area is 121 Å². The molecular formula is C14H11O6S-. The van der Waals surface area contributed by atoms with Crippen LogP contribution in [0.4, 0.5) is 0 Å². The van der Waals surface area contributed by atoms with E-state index in [2.05, 4.69) is 0 Å². The maximum Gasteiger partial charge on any atom is 0.196 e. The highest BCUT2D eigenvalue weighted by atomic mass is 32.2. The molecule has 7 heteroatoms. The molecule has 6 nitrogen and oxygen atoms in total. The monoisotopic (exact) mass is 307 g/mol. The van der Waals surface area contributed by atoms with E-state index in [1.165, 1.54) is 12.1 Å². The number of benzene rings is 2. The molecule has 0 aliphatic heterocycles. The average Bonchev–Trinajstić information content (AvgIpc) is 2.45. The highest BCUT2D eigenvalue weighted by molar-refractivity contribution is 7.85. The maximum atomic E-state index is 12.2. The number of methoxy groups -OCH3 is 1. The van der Waals surface area contributed by atoms with E-state index < -0.39 is 26.5 Å². The Balaban J connectivity index is 2.63. The van der Waals surface area contributed by atoms with E-state index in [0.717, 1.165) is 19.2 Å².